The molecule has 0 saturated heterocycles. The van der Waals surface area contributed by atoms with Crippen molar-refractivity contribution in [3.63, 3.8) is 0 Å². The van der Waals surface area contributed by atoms with E-state index in [1.54, 1.807) is 6.07 Å². The van der Waals surface area contributed by atoms with E-state index < -0.39 is 12.0 Å². The molecule has 2 aromatic rings. The van der Waals surface area contributed by atoms with Gasteiger partial charge in [-0.15, -0.1) is 0 Å². The Morgan fingerprint density at radius 3 is 2.57 bits per heavy atom. The lowest BCUT2D eigenvalue weighted by atomic mass is 10.3. The molecule has 0 fully saturated rings. The summed E-state index contributed by atoms with van der Waals surface area (Å²) in [6, 6.07) is 4.56. The fraction of sp³-hybridized carbons (Fsp3) is 0.125. The Kier molecular flexibility index (Phi) is 1.67. The van der Waals surface area contributed by atoms with Gasteiger partial charge in [0.15, 0.2) is 0 Å². The number of hydrogen-bond donors (Lipinski definition) is 2. The summed E-state index contributed by atoms with van der Waals surface area (Å²) in [5, 5.41) is 0. The molecule has 0 atom stereocenters. The molecule has 3 N–H and O–H groups in total. The maximum absolute atomic E-state index is 12.2. The van der Waals surface area contributed by atoms with E-state index in [-0.39, 0.29) is 16.7 Å². The minimum absolute atomic E-state index is 0.153. The molecule has 0 aliphatic heterocycles. The number of aromatic nitrogens is 2. The standard InChI is InChI=1S/C8H6F3N3/c9-8(10,11)7-13-5-3-1-2-4(12)6(5)14-7/h1-3H,12H2,(H,13,14). The highest BCUT2D eigenvalue weighted by atomic mass is 19.4. The first kappa shape index (κ1) is 8.86. The Bertz CT molecular complexity index is 472. The van der Waals surface area contributed by atoms with Gasteiger partial charge < -0.3 is 10.7 Å². The zero-order valence-corrected chi connectivity index (χ0v) is 6.89. The fourth-order valence-corrected chi connectivity index (χ4v) is 1.19. The minimum Gasteiger partial charge on any atom is -0.397 e. The second-order valence-corrected chi connectivity index (χ2v) is 2.83. The Labute approximate surface area is 76.7 Å². The molecule has 0 aliphatic carbocycles. The first-order valence-electron chi connectivity index (χ1n) is 3.80. The van der Waals surface area contributed by atoms with Crippen LogP contribution in [0.1, 0.15) is 5.82 Å². The SMILES string of the molecule is Nc1cccc2[nH]c(C(F)(F)F)nc12. The molecule has 1 heterocycles. The zero-order chi connectivity index (χ0) is 10.3. The monoisotopic (exact) mass is 201 g/mol. The second-order valence-electron chi connectivity index (χ2n) is 2.83. The van der Waals surface area contributed by atoms with Gasteiger partial charge in [0.25, 0.3) is 0 Å². The van der Waals surface area contributed by atoms with E-state index in [1.807, 2.05) is 0 Å². The summed E-state index contributed by atoms with van der Waals surface area (Å²) in [4.78, 5) is 5.54. The quantitative estimate of drug-likeness (QED) is 0.641. The van der Waals surface area contributed by atoms with E-state index in [4.69, 9.17) is 5.73 Å². The second kappa shape index (κ2) is 2.63. The molecule has 6 heteroatoms. The molecule has 0 unspecified atom stereocenters. The van der Waals surface area contributed by atoms with Crippen LogP contribution in [-0.4, -0.2) is 9.97 Å². The fourth-order valence-electron chi connectivity index (χ4n) is 1.19. The van der Waals surface area contributed by atoms with Crippen LogP contribution in [0.5, 0.6) is 0 Å². The van der Waals surface area contributed by atoms with Gasteiger partial charge >= 0.3 is 6.18 Å². The summed E-state index contributed by atoms with van der Waals surface area (Å²) < 4.78 is 36.7. The number of benzene rings is 1. The molecule has 74 valence electrons. The van der Waals surface area contributed by atoms with E-state index in [1.165, 1.54) is 12.1 Å². The number of hydrogen-bond acceptors (Lipinski definition) is 2. The lowest BCUT2D eigenvalue weighted by Crippen LogP contribution is -2.06. The molecular formula is C8H6F3N3. The number of aromatic amines is 1. The smallest absolute Gasteiger partial charge is 0.397 e. The summed E-state index contributed by atoms with van der Waals surface area (Å²) in [7, 11) is 0. The van der Waals surface area contributed by atoms with Crippen LogP contribution >= 0.6 is 0 Å². The molecule has 2 rings (SSSR count). The van der Waals surface area contributed by atoms with Crippen LogP contribution in [-0.2, 0) is 6.18 Å². The van der Waals surface area contributed by atoms with Crippen LogP contribution in [0, 0.1) is 0 Å². The van der Waals surface area contributed by atoms with Gasteiger partial charge in [0.2, 0.25) is 5.82 Å². The van der Waals surface area contributed by atoms with Crippen molar-refractivity contribution in [3.05, 3.63) is 24.0 Å². The van der Waals surface area contributed by atoms with E-state index in [0.717, 1.165) is 0 Å². The van der Waals surface area contributed by atoms with Crippen molar-refractivity contribution in [3.8, 4) is 0 Å². The summed E-state index contributed by atoms with van der Waals surface area (Å²) in [5.41, 5.74) is 6.14. The molecule has 0 amide bonds. The lowest BCUT2D eigenvalue weighted by Gasteiger charge is -1.98. The largest absolute Gasteiger partial charge is 0.449 e. The van der Waals surface area contributed by atoms with Crippen molar-refractivity contribution < 1.29 is 13.2 Å². The zero-order valence-electron chi connectivity index (χ0n) is 6.89. The maximum Gasteiger partial charge on any atom is 0.449 e. The summed E-state index contributed by atoms with van der Waals surface area (Å²) in [5.74, 6) is -1.02. The highest BCUT2D eigenvalue weighted by Crippen LogP contribution is 2.29. The Morgan fingerprint density at radius 1 is 1.29 bits per heavy atom. The third-order valence-electron chi connectivity index (χ3n) is 1.81. The summed E-state index contributed by atoms with van der Waals surface area (Å²) >= 11 is 0. The predicted molar refractivity (Wildman–Crippen MR) is 45.5 cm³/mol. The van der Waals surface area contributed by atoms with Crippen LogP contribution in [0.2, 0.25) is 0 Å². The van der Waals surface area contributed by atoms with Gasteiger partial charge in [0, 0.05) is 0 Å². The van der Waals surface area contributed by atoms with Crippen molar-refractivity contribution in [1.82, 2.24) is 9.97 Å². The average Bonchev–Trinajstić information content (AvgIpc) is 2.48. The number of nitrogens with one attached hydrogen (secondary N) is 1. The van der Waals surface area contributed by atoms with Crippen molar-refractivity contribution >= 4 is 16.7 Å². The molecule has 0 aliphatic rings. The van der Waals surface area contributed by atoms with E-state index in [0.29, 0.717) is 0 Å². The van der Waals surface area contributed by atoms with Crippen LogP contribution in [0.25, 0.3) is 11.0 Å². The van der Waals surface area contributed by atoms with Crippen molar-refractivity contribution in [2.24, 2.45) is 0 Å². The number of fused-ring (bicyclic) bond motifs is 1. The lowest BCUT2D eigenvalue weighted by molar-refractivity contribution is -0.144. The number of imidazole rings is 1. The normalized spacial score (nSPS) is 12.2. The predicted octanol–water partition coefficient (Wildman–Crippen LogP) is 2.16. The first-order valence-corrected chi connectivity index (χ1v) is 3.80. The number of nitrogen functional groups attached to an aromatic ring is 1. The molecule has 14 heavy (non-hydrogen) atoms. The van der Waals surface area contributed by atoms with Crippen LogP contribution < -0.4 is 5.73 Å². The first-order chi connectivity index (χ1) is 6.48. The number of nitrogens with two attached hydrogens (primary N) is 1. The molecule has 0 radical (unpaired) electrons. The average molecular weight is 201 g/mol. The Balaban J connectivity index is 2.69. The van der Waals surface area contributed by atoms with E-state index in [9.17, 15) is 13.2 Å². The molecule has 1 aromatic carbocycles. The van der Waals surface area contributed by atoms with E-state index in [2.05, 4.69) is 9.97 Å². The third kappa shape index (κ3) is 1.28. The topological polar surface area (TPSA) is 54.7 Å². The molecule has 0 bridgehead atoms. The highest BCUT2D eigenvalue weighted by Gasteiger charge is 2.34. The third-order valence-corrected chi connectivity index (χ3v) is 1.81. The molecular weight excluding hydrogens is 195 g/mol. The summed E-state index contributed by atoms with van der Waals surface area (Å²) in [6.45, 7) is 0. The van der Waals surface area contributed by atoms with Gasteiger partial charge in [-0.05, 0) is 12.1 Å². The van der Waals surface area contributed by atoms with Crippen LogP contribution in [0.15, 0.2) is 18.2 Å². The van der Waals surface area contributed by atoms with Gasteiger partial charge in [0.1, 0.15) is 5.52 Å². The van der Waals surface area contributed by atoms with Gasteiger partial charge in [-0.3, -0.25) is 0 Å². The van der Waals surface area contributed by atoms with Crippen LogP contribution in [0.3, 0.4) is 0 Å². The van der Waals surface area contributed by atoms with Gasteiger partial charge in [-0.25, -0.2) is 4.98 Å². The van der Waals surface area contributed by atoms with Crippen molar-refractivity contribution in [2.45, 2.75) is 6.18 Å². The molecule has 0 spiro atoms. The summed E-state index contributed by atoms with van der Waals surface area (Å²) in [6.07, 6.45) is -4.47. The van der Waals surface area contributed by atoms with Gasteiger partial charge in [-0.1, -0.05) is 6.07 Å². The number of H-pyrrole nitrogens is 1. The van der Waals surface area contributed by atoms with Gasteiger partial charge in [0.05, 0.1) is 11.2 Å². The number of nitrogens with zero attached hydrogens (tertiary/aromatic N) is 1. The Hall–Kier alpha value is -1.72. The molecule has 0 saturated carbocycles. The van der Waals surface area contributed by atoms with Crippen LogP contribution in [0.4, 0.5) is 18.9 Å². The van der Waals surface area contributed by atoms with Gasteiger partial charge in [-0.2, -0.15) is 13.2 Å². The molecule has 1 aromatic heterocycles. The minimum atomic E-state index is -4.47. The number of anilines is 1. The number of halogens is 3. The number of rotatable bonds is 0. The Morgan fingerprint density at radius 2 is 2.00 bits per heavy atom. The van der Waals surface area contributed by atoms with Crippen molar-refractivity contribution in [1.29, 1.82) is 0 Å². The highest BCUT2D eigenvalue weighted by molar-refractivity contribution is 5.86. The molecule has 3 nitrogen and oxygen atoms in total. The van der Waals surface area contributed by atoms with E-state index >= 15 is 0 Å². The number of alkyl halides is 3. The van der Waals surface area contributed by atoms with Crippen molar-refractivity contribution in [2.75, 3.05) is 5.73 Å². The number of para-hydroxylation sites is 1. The maximum atomic E-state index is 12.2.